The van der Waals surface area contributed by atoms with E-state index in [0.29, 0.717) is 27.8 Å². The second-order valence-electron chi connectivity index (χ2n) is 6.59. The van der Waals surface area contributed by atoms with Gasteiger partial charge in [-0.3, -0.25) is 4.79 Å². The number of ether oxygens (including phenoxy) is 1. The maximum Gasteiger partial charge on any atom is 0.417 e. The normalized spacial score (nSPS) is 11.2. The van der Waals surface area contributed by atoms with Crippen LogP contribution in [-0.2, 0) is 6.18 Å². The van der Waals surface area contributed by atoms with Gasteiger partial charge in [-0.25, -0.2) is 0 Å². The fraction of sp³-hybridized carbons (Fsp3) is 0.136. The number of carbonyl (C=O) groups is 1. The van der Waals surface area contributed by atoms with Gasteiger partial charge in [0.25, 0.3) is 5.91 Å². The van der Waals surface area contributed by atoms with Gasteiger partial charge in [-0.05, 0) is 72.6 Å². The summed E-state index contributed by atoms with van der Waals surface area (Å²) in [6, 6.07) is 14.7. The van der Waals surface area contributed by atoms with Crippen LogP contribution in [-0.4, -0.2) is 24.2 Å². The van der Waals surface area contributed by atoms with E-state index < -0.39 is 11.7 Å². The van der Waals surface area contributed by atoms with Gasteiger partial charge in [0.1, 0.15) is 5.75 Å². The molecule has 0 aliphatic rings. The lowest BCUT2D eigenvalue weighted by atomic mass is 10.2. The van der Waals surface area contributed by atoms with Gasteiger partial charge >= 0.3 is 6.18 Å². The lowest BCUT2D eigenvalue weighted by molar-refractivity contribution is -0.137. The highest BCUT2D eigenvalue weighted by Crippen LogP contribution is 2.39. The van der Waals surface area contributed by atoms with Gasteiger partial charge in [-0.15, -0.1) is 0 Å². The average Bonchev–Trinajstić information content (AvgIpc) is 2.78. The molecule has 3 aromatic carbocycles. The molecular weight excluding hydrogens is 500 g/mol. The summed E-state index contributed by atoms with van der Waals surface area (Å²) >= 11 is 12.7. The first-order valence-electron chi connectivity index (χ1n) is 9.43. The van der Waals surface area contributed by atoms with Gasteiger partial charge in [-0.2, -0.15) is 13.2 Å². The SMILES string of the molecule is O=C(NCCO)c1ccc(Oc2ccc(Cl)cc2NSc2ccc(Cl)c(C(F)(F)F)c2)cc1. The Balaban J connectivity index is 1.74. The van der Waals surface area contributed by atoms with Crippen molar-refractivity contribution in [2.45, 2.75) is 11.1 Å². The molecule has 0 unspecified atom stereocenters. The van der Waals surface area contributed by atoms with Gasteiger partial charge in [0, 0.05) is 22.0 Å². The van der Waals surface area contributed by atoms with Crippen LogP contribution in [0.2, 0.25) is 10.0 Å². The van der Waals surface area contributed by atoms with Crippen molar-refractivity contribution >= 4 is 46.7 Å². The quantitative estimate of drug-likeness (QED) is 0.292. The number of amides is 1. The Hall–Kier alpha value is -2.59. The summed E-state index contributed by atoms with van der Waals surface area (Å²) in [5.74, 6) is 0.464. The van der Waals surface area contributed by atoms with E-state index in [0.717, 1.165) is 18.0 Å². The molecule has 11 heteroatoms. The van der Waals surface area contributed by atoms with E-state index in [9.17, 15) is 18.0 Å². The molecule has 0 aliphatic carbocycles. The minimum absolute atomic E-state index is 0.145. The zero-order chi connectivity index (χ0) is 24.0. The molecule has 3 aromatic rings. The molecule has 0 atom stereocenters. The van der Waals surface area contributed by atoms with Crippen LogP contribution in [0.5, 0.6) is 11.5 Å². The first kappa shape index (κ1) is 25.0. The first-order valence-corrected chi connectivity index (χ1v) is 11.0. The Bertz CT molecular complexity index is 1130. The number of alkyl halides is 3. The number of aliphatic hydroxyl groups excluding tert-OH is 1. The monoisotopic (exact) mass is 516 g/mol. The fourth-order valence-corrected chi connectivity index (χ4v) is 3.74. The number of hydrogen-bond donors (Lipinski definition) is 3. The molecule has 174 valence electrons. The van der Waals surface area contributed by atoms with E-state index in [1.54, 1.807) is 42.5 Å². The minimum atomic E-state index is -4.57. The number of benzene rings is 3. The summed E-state index contributed by atoms with van der Waals surface area (Å²) in [5, 5.41) is 11.3. The Morgan fingerprint density at radius 1 is 1.03 bits per heavy atom. The first-order chi connectivity index (χ1) is 15.7. The van der Waals surface area contributed by atoms with E-state index in [2.05, 4.69) is 10.0 Å². The highest BCUT2D eigenvalue weighted by atomic mass is 35.5. The van der Waals surface area contributed by atoms with Crippen LogP contribution in [0.15, 0.2) is 65.6 Å². The summed E-state index contributed by atoms with van der Waals surface area (Å²) in [6.45, 7) is -0.0164. The minimum Gasteiger partial charge on any atom is -0.455 e. The van der Waals surface area contributed by atoms with Gasteiger partial charge in [0.05, 0.1) is 22.9 Å². The third-order valence-corrected chi connectivity index (χ3v) is 5.58. The maximum absolute atomic E-state index is 13.1. The van der Waals surface area contributed by atoms with Crippen molar-refractivity contribution in [2.75, 3.05) is 17.9 Å². The maximum atomic E-state index is 13.1. The second-order valence-corrected chi connectivity index (χ2v) is 8.31. The molecule has 0 saturated heterocycles. The van der Waals surface area contributed by atoms with Crippen LogP contribution >= 0.6 is 35.1 Å². The summed E-state index contributed by atoms with van der Waals surface area (Å²) < 4.78 is 48.1. The van der Waals surface area contributed by atoms with Crippen LogP contribution in [0.25, 0.3) is 0 Å². The van der Waals surface area contributed by atoms with E-state index in [1.807, 2.05) is 0 Å². The van der Waals surface area contributed by atoms with Crippen LogP contribution in [0.4, 0.5) is 18.9 Å². The highest BCUT2D eigenvalue weighted by Gasteiger charge is 2.33. The van der Waals surface area contributed by atoms with Gasteiger partial charge in [0.15, 0.2) is 5.75 Å². The zero-order valence-corrected chi connectivity index (χ0v) is 19.1. The number of nitrogens with one attached hydrogen (secondary N) is 2. The molecule has 0 radical (unpaired) electrons. The van der Waals surface area contributed by atoms with Crippen LogP contribution in [0, 0.1) is 0 Å². The van der Waals surface area contributed by atoms with Crippen molar-refractivity contribution in [3.63, 3.8) is 0 Å². The molecule has 0 bridgehead atoms. The van der Waals surface area contributed by atoms with Gasteiger partial charge in [0.2, 0.25) is 0 Å². The number of carbonyl (C=O) groups excluding carboxylic acids is 1. The Labute approximate surface area is 202 Å². The highest BCUT2D eigenvalue weighted by molar-refractivity contribution is 8.00. The largest absolute Gasteiger partial charge is 0.455 e. The van der Waals surface area contributed by atoms with Gasteiger partial charge in [-0.1, -0.05) is 23.2 Å². The van der Waals surface area contributed by atoms with Crippen LogP contribution in [0.1, 0.15) is 15.9 Å². The smallest absolute Gasteiger partial charge is 0.417 e. The lowest BCUT2D eigenvalue weighted by Gasteiger charge is -2.14. The second kappa shape index (κ2) is 11.0. The van der Waals surface area contributed by atoms with E-state index in [1.165, 1.54) is 12.1 Å². The number of halogens is 5. The molecule has 3 rings (SSSR count). The van der Waals surface area contributed by atoms with Crippen molar-refractivity contribution < 1.29 is 27.8 Å². The summed E-state index contributed by atoms with van der Waals surface area (Å²) in [5.41, 5.74) is -0.105. The Morgan fingerprint density at radius 3 is 2.42 bits per heavy atom. The third-order valence-electron chi connectivity index (χ3n) is 4.21. The molecular formula is C22H17Cl2F3N2O3S. The van der Waals surface area contributed by atoms with E-state index >= 15 is 0 Å². The molecule has 1 amide bonds. The zero-order valence-electron chi connectivity index (χ0n) is 16.7. The third kappa shape index (κ3) is 6.94. The predicted octanol–water partition coefficient (Wildman–Crippen LogP) is 6.65. The molecule has 0 spiro atoms. The summed E-state index contributed by atoms with van der Waals surface area (Å²) in [7, 11) is 0. The number of aliphatic hydroxyl groups is 1. The summed E-state index contributed by atoms with van der Waals surface area (Å²) in [6.07, 6.45) is -4.57. The molecule has 5 nitrogen and oxygen atoms in total. The molecule has 3 N–H and O–H groups in total. The van der Waals surface area contributed by atoms with E-state index in [-0.39, 0.29) is 29.0 Å². The van der Waals surface area contributed by atoms with Crippen molar-refractivity contribution in [1.29, 1.82) is 0 Å². The fourth-order valence-electron chi connectivity index (χ4n) is 2.64. The number of rotatable bonds is 8. The van der Waals surface area contributed by atoms with Crippen molar-refractivity contribution in [3.05, 3.63) is 81.8 Å². The molecule has 33 heavy (non-hydrogen) atoms. The Kier molecular flexibility index (Phi) is 8.36. The molecule has 0 aromatic heterocycles. The van der Waals surface area contributed by atoms with Crippen molar-refractivity contribution in [3.8, 4) is 11.5 Å². The average molecular weight is 517 g/mol. The molecule has 0 fully saturated rings. The van der Waals surface area contributed by atoms with Crippen LogP contribution in [0.3, 0.4) is 0 Å². The summed E-state index contributed by atoms with van der Waals surface area (Å²) in [4.78, 5) is 12.2. The topological polar surface area (TPSA) is 70.6 Å². The van der Waals surface area contributed by atoms with Crippen molar-refractivity contribution in [1.82, 2.24) is 5.32 Å². The van der Waals surface area contributed by atoms with Crippen LogP contribution < -0.4 is 14.8 Å². The Morgan fingerprint density at radius 2 is 1.76 bits per heavy atom. The van der Waals surface area contributed by atoms with Gasteiger partial charge < -0.3 is 19.9 Å². The molecule has 0 aliphatic heterocycles. The number of anilines is 1. The lowest BCUT2D eigenvalue weighted by Crippen LogP contribution is -2.26. The number of hydrogen-bond acceptors (Lipinski definition) is 5. The molecule has 0 saturated carbocycles. The standard InChI is InChI=1S/C22H17Cl2F3N2O3S/c23-14-3-8-20(32-15-4-1-13(2-5-15)21(31)28-9-10-30)19(11-14)29-33-16-6-7-18(24)17(12-16)22(25,26)27/h1-8,11-12,29-30H,9-10H2,(H,28,31). The predicted molar refractivity (Wildman–Crippen MR) is 123 cm³/mol. The molecule has 0 heterocycles. The van der Waals surface area contributed by atoms with Crippen molar-refractivity contribution in [2.24, 2.45) is 0 Å². The van der Waals surface area contributed by atoms with E-state index in [4.69, 9.17) is 33.0 Å².